The molecule has 2 aromatic rings. The second-order valence-corrected chi connectivity index (χ2v) is 6.82. The van der Waals surface area contributed by atoms with E-state index in [0.717, 1.165) is 16.3 Å². The predicted octanol–water partition coefficient (Wildman–Crippen LogP) is -0.269. The van der Waals surface area contributed by atoms with Gasteiger partial charge in [-0.3, -0.25) is 4.79 Å². The monoisotopic (exact) mass is 375 g/mol. The van der Waals surface area contributed by atoms with Crippen molar-refractivity contribution in [3.8, 4) is 0 Å². The maximum absolute atomic E-state index is 12.3. The van der Waals surface area contributed by atoms with Crippen LogP contribution in [0.2, 0.25) is 0 Å². The average molecular weight is 375 g/mol. The molecule has 1 heterocycles. The minimum absolute atomic E-state index is 0.157. The lowest BCUT2D eigenvalue weighted by Crippen LogP contribution is -2.58. The number of nitrogens with one attached hydrogen (secondary N) is 1. The molecule has 0 aromatic heterocycles. The summed E-state index contributed by atoms with van der Waals surface area (Å²) >= 11 is 0. The fraction of sp³-hybridized carbons (Fsp3) is 0.450. The van der Waals surface area contributed by atoms with Crippen LogP contribution in [-0.4, -0.2) is 70.0 Å². The minimum Gasteiger partial charge on any atom is -0.394 e. The summed E-state index contributed by atoms with van der Waals surface area (Å²) < 4.78 is 5.43. The van der Waals surface area contributed by atoms with E-state index in [1.54, 1.807) is 0 Å². The molecule has 7 heteroatoms. The molecule has 0 saturated carbocycles. The average Bonchev–Trinajstić information content (AvgIpc) is 2.68. The summed E-state index contributed by atoms with van der Waals surface area (Å²) in [4.78, 5) is 12.3. The molecule has 0 radical (unpaired) electrons. The van der Waals surface area contributed by atoms with Crippen LogP contribution in [-0.2, 0) is 16.0 Å². The van der Waals surface area contributed by atoms with E-state index < -0.39 is 37.1 Å². The number of fused-ring (bicyclic) bond motifs is 1. The predicted molar refractivity (Wildman–Crippen MR) is 99.0 cm³/mol. The number of hydrogen-bond acceptors (Lipinski definition) is 6. The first-order valence-corrected chi connectivity index (χ1v) is 9.05. The molecule has 3 rings (SSSR count). The van der Waals surface area contributed by atoms with E-state index in [-0.39, 0.29) is 25.3 Å². The molecule has 0 bridgehead atoms. The number of carbonyl (C=O) groups excluding carboxylic acids is 1. The van der Waals surface area contributed by atoms with Crippen molar-refractivity contribution in [1.29, 1.82) is 0 Å². The Labute approximate surface area is 157 Å². The first-order chi connectivity index (χ1) is 13.0. The molecule has 1 fully saturated rings. The number of carbonyl (C=O) groups is 1. The van der Waals surface area contributed by atoms with Crippen LogP contribution in [0.1, 0.15) is 12.0 Å². The van der Waals surface area contributed by atoms with Gasteiger partial charge >= 0.3 is 0 Å². The summed E-state index contributed by atoms with van der Waals surface area (Å²) in [5.41, 5.74) is 0.929. The lowest BCUT2D eigenvalue weighted by Gasteiger charge is -2.40. The Bertz CT molecular complexity index is 775. The van der Waals surface area contributed by atoms with Gasteiger partial charge in [0.25, 0.3) is 0 Å². The molecule has 0 unspecified atom stereocenters. The number of benzene rings is 2. The largest absolute Gasteiger partial charge is 0.394 e. The van der Waals surface area contributed by atoms with Crippen molar-refractivity contribution in [3.05, 3.63) is 48.0 Å². The fourth-order valence-corrected chi connectivity index (χ4v) is 3.45. The van der Waals surface area contributed by atoms with Gasteiger partial charge in [0.05, 0.1) is 19.1 Å². The van der Waals surface area contributed by atoms with Crippen LogP contribution in [0.25, 0.3) is 10.8 Å². The van der Waals surface area contributed by atoms with Gasteiger partial charge in [-0.2, -0.15) is 0 Å². The second kappa shape index (κ2) is 8.77. The van der Waals surface area contributed by atoms with Crippen molar-refractivity contribution in [2.75, 3.05) is 13.2 Å². The van der Waals surface area contributed by atoms with Crippen LogP contribution >= 0.6 is 0 Å². The van der Waals surface area contributed by atoms with Crippen LogP contribution in [0.15, 0.2) is 42.5 Å². The molecule has 2 aromatic carbocycles. The molecule has 5 N–H and O–H groups in total. The van der Waals surface area contributed by atoms with E-state index >= 15 is 0 Å². The molecule has 1 amide bonds. The topological polar surface area (TPSA) is 119 Å². The van der Waals surface area contributed by atoms with Gasteiger partial charge in [-0.15, -0.1) is 0 Å². The quantitative estimate of drug-likeness (QED) is 0.474. The number of aliphatic hydroxyl groups is 4. The Hall–Kier alpha value is -2.03. The number of ether oxygens (including phenoxy) is 1. The van der Waals surface area contributed by atoms with E-state index in [1.165, 1.54) is 0 Å². The highest BCUT2D eigenvalue weighted by Crippen LogP contribution is 2.23. The van der Waals surface area contributed by atoms with Crippen molar-refractivity contribution >= 4 is 16.7 Å². The van der Waals surface area contributed by atoms with Crippen molar-refractivity contribution in [2.45, 2.75) is 43.4 Å². The lowest BCUT2D eigenvalue weighted by atomic mass is 9.93. The Morgan fingerprint density at radius 2 is 1.67 bits per heavy atom. The molecule has 7 nitrogen and oxygen atoms in total. The van der Waals surface area contributed by atoms with Gasteiger partial charge in [0, 0.05) is 6.54 Å². The zero-order chi connectivity index (χ0) is 19.4. The van der Waals surface area contributed by atoms with Gasteiger partial charge in [-0.25, -0.2) is 0 Å². The van der Waals surface area contributed by atoms with E-state index in [1.807, 2.05) is 42.5 Å². The van der Waals surface area contributed by atoms with E-state index in [4.69, 9.17) is 4.74 Å². The molecule has 1 saturated heterocycles. The molecule has 146 valence electrons. The standard InChI is InChI=1S/C20H25NO6/c22-11-16-19(25)20(26)18(24)15(27-16)8-9-21-17(23)10-13-6-3-5-12-4-1-2-7-14(12)13/h1-7,15-16,18-20,22,24-26H,8-11H2,(H,21,23)/t15-,16-,18+,19-,20-/m1/s1. The Balaban J connectivity index is 1.53. The summed E-state index contributed by atoms with van der Waals surface area (Å²) in [5, 5.41) is 43.7. The van der Waals surface area contributed by atoms with E-state index in [2.05, 4.69) is 5.32 Å². The third-order valence-corrected chi connectivity index (χ3v) is 4.97. The molecular weight excluding hydrogens is 350 g/mol. The fourth-order valence-electron chi connectivity index (χ4n) is 3.45. The number of amides is 1. The zero-order valence-corrected chi connectivity index (χ0v) is 14.9. The van der Waals surface area contributed by atoms with Gasteiger partial charge in [0.15, 0.2) is 0 Å². The van der Waals surface area contributed by atoms with Gasteiger partial charge in [0.1, 0.15) is 24.4 Å². The Morgan fingerprint density at radius 1 is 0.963 bits per heavy atom. The minimum atomic E-state index is -1.40. The molecule has 1 aliphatic rings. The molecular formula is C20H25NO6. The molecule has 0 spiro atoms. The highest BCUT2D eigenvalue weighted by molar-refractivity contribution is 5.90. The van der Waals surface area contributed by atoms with Crippen LogP contribution in [0.3, 0.4) is 0 Å². The maximum Gasteiger partial charge on any atom is 0.224 e. The summed E-state index contributed by atoms with van der Waals surface area (Å²) in [6, 6.07) is 13.7. The second-order valence-electron chi connectivity index (χ2n) is 6.82. The Kier molecular flexibility index (Phi) is 6.41. The molecule has 5 atom stereocenters. The highest BCUT2D eigenvalue weighted by atomic mass is 16.5. The van der Waals surface area contributed by atoms with Crippen LogP contribution in [0, 0.1) is 0 Å². The summed E-state index contributed by atoms with van der Waals surface area (Å²) in [7, 11) is 0. The highest BCUT2D eigenvalue weighted by Gasteiger charge is 2.42. The van der Waals surface area contributed by atoms with Crippen molar-refractivity contribution in [2.24, 2.45) is 0 Å². The first kappa shape index (κ1) is 19.7. The van der Waals surface area contributed by atoms with Crippen LogP contribution in [0.4, 0.5) is 0 Å². The first-order valence-electron chi connectivity index (χ1n) is 9.05. The SMILES string of the molecule is O=C(Cc1cccc2ccccc12)NCC[C@H]1O[C@H](CO)[C@@H](O)[C@H](O)[C@H]1O. The van der Waals surface area contributed by atoms with Crippen LogP contribution in [0.5, 0.6) is 0 Å². The van der Waals surface area contributed by atoms with Gasteiger partial charge in [-0.05, 0) is 22.8 Å². The van der Waals surface area contributed by atoms with Crippen molar-refractivity contribution < 1.29 is 30.0 Å². The third-order valence-electron chi connectivity index (χ3n) is 4.97. The zero-order valence-electron chi connectivity index (χ0n) is 14.9. The summed E-state index contributed by atoms with van der Waals surface area (Å²) in [5.74, 6) is -0.157. The lowest BCUT2D eigenvalue weighted by molar-refractivity contribution is -0.229. The van der Waals surface area contributed by atoms with Gasteiger partial charge in [-0.1, -0.05) is 42.5 Å². The third kappa shape index (κ3) is 4.45. The number of aliphatic hydroxyl groups excluding tert-OH is 4. The van der Waals surface area contributed by atoms with E-state index in [0.29, 0.717) is 0 Å². The van der Waals surface area contributed by atoms with E-state index in [9.17, 15) is 25.2 Å². The normalized spacial score (nSPS) is 28.2. The van der Waals surface area contributed by atoms with Crippen molar-refractivity contribution in [3.63, 3.8) is 0 Å². The summed E-state index contributed by atoms with van der Waals surface area (Å²) in [6.45, 7) is -0.221. The smallest absolute Gasteiger partial charge is 0.224 e. The van der Waals surface area contributed by atoms with Crippen molar-refractivity contribution in [1.82, 2.24) is 5.32 Å². The Morgan fingerprint density at radius 3 is 2.44 bits per heavy atom. The van der Waals surface area contributed by atoms with Gasteiger partial charge in [0.2, 0.25) is 5.91 Å². The maximum atomic E-state index is 12.3. The molecule has 1 aliphatic heterocycles. The van der Waals surface area contributed by atoms with Gasteiger partial charge < -0.3 is 30.5 Å². The number of hydrogen-bond donors (Lipinski definition) is 5. The number of rotatable bonds is 6. The summed E-state index contributed by atoms with van der Waals surface area (Å²) in [6.07, 6.45) is -5.27. The molecule has 27 heavy (non-hydrogen) atoms. The molecule has 0 aliphatic carbocycles. The van der Waals surface area contributed by atoms with Crippen LogP contribution < -0.4 is 5.32 Å².